The minimum absolute atomic E-state index is 0.109. The highest BCUT2D eigenvalue weighted by Crippen LogP contribution is 2.19. The molecule has 0 aromatic carbocycles. The van der Waals surface area contributed by atoms with Crippen LogP contribution in [-0.4, -0.2) is 18.7 Å². The maximum Gasteiger partial charge on any atom is 0.0951 e. The highest BCUT2D eigenvalue weighted by molar-refractivity contribution is 7.09. The van der Waals surface area contributed by atoms with E-state index in [-0.39, 0.29) is 6.04 Å². The van der Waals surface area contributed by atoms with Crippen LogP contribution >= 0.6 is 11.3 Å². The number of rotatable bonds is 7. The van der Waals surface area contributed by atoms with Crippen molar-refractivity contribution in [3.8, 4) is 0 Å². The van der Waals surface area contributed by atoms with Gasteiger partial charge in [0, 0.05) is 25.0 Å². The zero-order valence-corrected chi connectivity index (χ0v) is 10.3. The second-order valence-corrected chi connectivity index (χ2v) is 4.60. The quantitative estimate of drug-likeness (QED) is 0.780. The van der Waals surface area contributed by atoms with E-state index in [2.05, 4.69) is 17.3 Å². The summed E-state index contributed by atoms with van der Waals surface area (Å²) in [6, 6.07) is 0.109. The summed E-state index contributed by atoms with van der Waals surface area (Å²) >= 11 is 1.68. The van der Waals surface area contributed by atoms with Crippen LogP contribution < -0.4 is 5.73 Å². The maximum atomic E-state index is 6.04. The molecular formula is C11H20N2OS. The van der Waals surface area contributed by atoms with Gasteiger partial charge in [0.05, 0.1) is 17.3 Å². The average Bonchev–Trinajstić information content (AvgIpc) is 2.71. The summed E-state index contributed by atoms with van der Waals surface area (Å²) in [4.78, 5) is 4.51. The summed E-state index contributed by atoms with van der Waals surface area (Å²) in [6.07, 6.45) is 4.28. The minimum atomic E-state index is 0.109. The topological polar surface area (TPSA) is 48.1 Å². The van der Waals surface area contributed by atoms with Gasteiger partial charge in [-0.3, -0.25) is 0 Å². The van der Waals surface area contributed by atoms with Gasteiger partial charge >= 0.3 is 0 Å². The molecule has 1 unspecified atom stereocenters. The smallest absolute Gasteiger partial charge is 0.0951 e. The largest absolute Gasteiger partial charge is 0.384 e. The Balaban J connectivity index is 2.43. The Morgan fingerprint density at radius 2 is 2.40 bits per heavy atom. The second-order valence-electron chi connectivity index (χ2n) is 3.66. The summed E-state index contributed by atoms with van der Waals surface area (Å²) in [7, 11) is 1.71. The first-order valence-electron chi connectivity index (χ1n) is 5.46. The van der Waals surface area contributed by atoms with Crippen molar-refractivity contribution in [3.63, 3.8) is 0 Å². The van der Waals surface area contributed by atoms with E-state index >= 15 is 0 Å². The van der Waals surface area contributed by atoms with E-state index < -0.39 is 0 Å². The Morgan fingerprint density at radius 1 is 1.60 bits per heavy atom. The van der Waals surface area contributed by atoms with Crippen LogP contribution in [-0.2, 0) is 11.2 Å². The Morgan fingerprint density at radius 3 is 3.07 bits per heavy atom. The zero-order valence-electron chi connectivity index (χ0n) is 9.53. The predicted molar refractivity (Wildman–Crippen MR) is 64.1 cm³/mol. The summed E-state index contributed by atoms with van der Waals surface area (Å²) in [5.74, 6) is 0. The Hall–Kier alpha value is -0.450. The van der Waals surface area contributed by atoms with Crippen molar-refractivity contribution in [3.05, 3.63) is 16.1 Å². The van der Waals surface area contributed by atoms with Crippen molar-refractivity contribution in [2.24, 2.45) is 5.73 Å². The predicted octanol–water partition coefficient (Wildman–Crippen LogP) is 2.52. The van der Waals surface area contributed by atoms with E-state index in [0.29, 0.717) is 0 Å². The number of nitrogens with zero attached hydrogens (tertiary/aromatic N) is 1. The molecule has 1 aromatic rings. The molecule has 15 heavy (non-hydrogen) atoms. The van der Waals surface area contributed by atoms with E-state index in [4.69, 9.17) is 10.5 Å². The molecular weight excluding hydrogens is 208 g/mol. The van der Waals surface area contributed by atoms with Crippen molar-refractivity contribution >= 4 is 11.3 Å². The summed E-state index contributed by atoms with van der Waals surface area (Å²) in [6.45, 7) is 2.91. The third-order valence-corrected chi connectivity index (χ3v) is 3.26. The van der Waals surface area contributed by atoms with Crippen LogP contribution in [0.1, 0.15) is 42.9 Å². The standard InChI is InChI=1S/C11H20N2OS/c1-3-4-5-9(12)10-8-15-11(13-10)6-7-14-2/h8-9H,3-7,12H2,1-2H3. The summed E-state index contributed by atoms with van der Waals surface area (Å²) in [5.41, 5.74) is 7.08. The molecule has 0 fully saturated rings. The lowest BCUT2D eigenvalue weighted by Gasteiger charge is -2.06. The first kappa shape index (κ1) is 12.6. The van der Waals surface area contributed by atoms with E-state index in [1.165, 1.54) is 12.8 Å². The van der Waals surface area contributed by atoms with E-state index in [9.17, 15) is 0 Å². The van der Waals surface area contributed by atoms with Crippen LogP contribution in [0.2, 0.25) is 0 Å². The van der Waals surface area contributed by atoms with Crippen LogP contribution in [0.25, 0.3) is 0 Å². The fourth-order valence-electron chi connectivity index (χ4n) is 1.37. The van der Waals surface area contributed by atoms with Crippen molar-refractivity contribution in [1.82, 2.24) is 4.98 Å². The lowest BCUT2D eigenvalue weighted by molar-refractivity contribution is 0.202. The first-order valence-corrected chi connectivity index (χ1v) is 6.34. The van der Waals surface area contributed by atoms with Crippen molar-refractivity contribution in [1.29, 1.82) is 0 Å². The number of hydrogen-bond acceptors (Lipinski definition) is 4. The third kappa shape index (κ3) is 4.28. The number of thiazole rings is 1. The van der Waals surface area contributed by atoms with Crippen molar-refractivity contribution in [2.45, 2.75) is 38.6 Å². The molecule has 3 nitrogen and oxygen atoms in total. The third-order valence-electron chi connectivity index (χ3n) is 2.34. The maximum absolute atomic E-state index is 6.04. The molecule has 0 aliphatic rings. The fourth-order valence-corrected chi connectivity index (χ4v) is 2.22. The first-order chi connectivity index (χ1) is 7.27. The molecule has 0 aliphatic carbocycles. The van der Waals surface area contributed by atoms with Crippen LogP contribution in [0.15, 0.2) is 5.38 Å². The van der Waals surface area contributed by atoms with Gasteiger partial charge in [-0.2, -0.15) is 0 Å². The molecule has 2 N–H and O–H groups in total. The van der Waals surface area contributed by atoms with Crippen LogP contribution in [0.4, 0.5) is 0 Å². The molecule has 0 aliphatic heterocycles. The Kier molecular flexibility index (Phi) is 5.83. The molecule has 1 heterocycles. The van der Waals surface area contributed by atoms with Gasteiger partial charge in [0.15, 0.2) is 0 Å². The molecule has 0 spiro atoms. The highest BCUT2D eigenvalue weighted by Gasteiger charge is 2.09. The van der Waals surface area contributed by atoms with E-state index in [1.54, 1.807) is 18.4 Å². The molecule has 86 valence electrons. The van der Waals surface area contributed by atoms with Gasteiger partial charge < -0.3 is 10.5 Å². The monoisotopic (exact) mass is 228 g/mol. The number of hydrogen-bond donors (Lipinski definition) is 1. The minimum Gasteiger partial charge on any atom is -0.384 e. The normalized spacial score (nSPS) is 13.0. The lowest BCUT2D eigenvalue weighted by Crippen LogP contribution is -2.10. The average molecular weight is 228 g/mol. The van der Waals surface area contributed by atoms with E-state index in [0.717, 1.165) is 30.2 Å². The molecule has 0 saturated carbocycles. The fraction of sp³-hybridized carbons (Fsp3) is 0.727. The van der Waals surface area contributed by atoms with Crippen LogP contribution in [0.3, 0.4) is 0 Å². The lowest BCUT2D eigenvalue weighted by atomic mass is 10.1. The van der Waals surface area contributed by atoms with Crippen molar-refractivity contribution in [2.75, 3.05) is 13.7 Å². The number of methoxy groups -OCH3 is 1. The number of ether oxygens (including phenoxy) is 1. The number of unbranched alkanes of at least 4 members (excludes halogenated alkanes) is 1. The van der Waals surface area contributed by atoms with E-state index in [1.807, 2.05) is 0 Å². The Labute approximate surface area is 95.7 Å². The van der Waals surface area contributed by atoms with Gasteiger partial charge in [0.1, 0.15) is 0 Å². The van der Waals surface area contributed by atoms with Crippen molar-refractivity contribution < 1.29 is 4.74 Å². The van der Waals surface area contributed by atoms with Crippen LogP contribution in [0, 0.1) is 0 Å². The molecule has 0 bridgehead atoms. The zero-order chi connectivity index (χ0) is 11.1. The molecule has 1 aromatic heterocycles. The highest BCUT2D eigenvalue weighted by atomic mass is 32.1. The molecule has 1 rings (SSSR count). The molecule has 1 atom stereocenters. The molecule has 0 saturated heterocycles. The molecule has 0 radical (unpaired) electrons. The Bertz CT molecular complexity index is 275. The summed E-state index contributed by atoms with van der Waals surface area (Å²) in [5, 5.41) is 3.20. The van der Waals surface area contributed by atoms with Gasteiger partial charge in [-0.15, -0.1) is 11.3 Å². The van der Waals surface area contributed by atoms with Gasteiger partial charge in [0.25, 0.3) is 0 Å². The van der Waals surface area contributed by atoms with Crippen LogP contribution in [0.5, 0.6) is 0 Å². The number of nitrogens with two attached hydrogens (primary N) is 1. The molecule has 4 heteroatoms. The molecule has 0 amide bonds. The van der Waals surface area contributed by atoms with Gasteiger partial charge in [-0.05, 0) is 6.42 Å². The van der Waals surface area contributed by atoms with Gasteiger partial charge in [-0.1, -0.05) is 19.8 Å². The SMILES string of the molecule is CCCCC(N)c1csc(CCOC)n1. The van der Waals surface area contributed by atoms with Gasteiger partial charge in [0.2, 0.25) is 0 Å². The summed E-state index contributed by atoms with van der Waals surface area (Å²) < 4.78 is 5.02. The number of aromatic nitrogens is 1. The van der Waals surface area contributed by atoms with Gasteiger partial charge in [-0.25, -0.2) is 4.98 Å². The second kappa shape index (κ2) is 6.93.